The molecule has 0 radical (unpaired) electrons. The minimum Gasteiger partial charge on any atom is -0.289 e. The summed E-state index contributed by atoms with van der Waals surface area (Å²) in [6, 6.07) is 7.71. The number of nitrogens with zero attached hydrogens (tertiary/aromatic N) is 1. The molecule has 0 amide bonds. The predicted octanol–water partition coefficient (Wildman–Crippen LogP) is 1.72. The minimum atomic E-state index is 0.156. The van der Waals surface area contributed by atoms with E-state index in [1.807, 2.05) is 24.3 Å². The lowest BCUT2D eigenvalue weighted by molar-refractivity contribution is 0.103. The molecule has 0 aromatic heterocycles. The van der Waals surface area contributed by atoms with Gasteiger partial charge < -0.3 is 0 Å². The maximum atomic E-state index is 11.7. The van der Waals surface area contributed by atoms with Gasteiger partial charge >= 0.3 is 0 Å². The number of aliphatic imine (C=N–C) groups is 1. The topological polar surface area (TPSA) is 29.4 Å². The Labute approximate surface area is 75.6 Å². The molecule has 0 bridgehead atoms. The number of fused-ring (bicyclic) bond motifs is 2. The highest BCUT2D eigenvalue weighted by molar-refractivity contribution is 6.32. The Morgan fingerprint density at radius 1 is 1.15 bits per heavy atom. The van der Waals surface area contributed by atoms with Gasteiger partial charge in [0.1, 0.15) is 0 Å². The number of carbonyl (C=O) groups is 1. The number of hydrogen-bond acceptors (Lipinski definition) is 2. The van der Waals surface area contributed by atoms with E-state index in [9.17, 15) is 4.79 Å². The Kier molecular flexibility index (Phi) is 1.13. The van der Waals surface area contributed by atoms with Crippen molar-refractivity contribution in [3.8, 4) is 0 Å². The number of allylic oxidation sites excluding steroid dienone is 1. The highest BCUT2D eigenvalue weighted by atomic mass is 16.1. The Bertz CT molecular complexity index is 469. The largest absolute Gasteiger partial charge is 0.289 e. The lowest BCUT2D eigenvalue weighted by Gasteiger charge is -1.97. The molecule has 1 heterocycles. The quantitative estimate of drug-likeness (QED) is 0.581. The van der Waals surface area contributed by atoms with Crippen LogP contribution >= 0.6 is 0 Å². The van der Waals surface area contributed by atoms with E-state index in [2.05, 4.69) is 4.99 Å². The Hall–Kier alpha value is -1.70. The van der Waals surface area contributed by atoms with Crippen LogP contribution in [0.2, 0.25) is 0 Å². The van der Waals surface area contributed by atoms with Crippen molar-refractivity contribution in [2.75, 3.05) is 6.54 Å². The van der Waals surface area contributed by atoms with Crippen molar-refractivity contribution in [1.82, 2.24) is 0 Å². The number of carbonyl (C=O) groups excluding carboxylic acids is 1. The fourth-order valence-electron chi connectivity index (χ4n) is 1.90. The van der Waals surface area contributed by atoms with Crippen LogP contribution in [0.4, 0.5) is 0 Å². The lowest BCUT2D eigenvalue weighted by Crippen LogP contribution is -1.99. The summed E-state index contributed by atoms with van der Waals surface area (Å²) in [7, 11) is 0. The molecule has 62 valence electrons. The van der Waals surface area contributed by atoms with Gasteiger partial charge in [-0.3, -0.25) is 9.79 Å². The Balaban J connectivity index is 2.34. The zero-order valence-corrected chi connectivity index (χ0v) is 6.95. The molecule has 1 aliphatic carbocycles. The van der Waals surface area contributed by atoms with Crippen LogP contribution in [0.25, 0.3) is 5.57 Å². The number of hydrogen-bond donors (Lipinski definition) is 0. The normalized spacial score (nSPS) is 18.0. The third-order valence-electron chi connectivity index (χ3n) is 2.53. The first-order valence-corrected chi connectivity index (χ1v) is 4.25. The molecule has 1 aromatic rings. The van der Waals surface area contributed by atoms with Crippen LogP contribution in [0.1, 0.15) is 15.9 Å². The summed E-state index contributed by atoms with van der Waals surface area (Å²) in [5, 5.41) is 0. The SMILES string of the molecule is O=C1C2=C(C=NC2)c2ccccc21. The van der Waals surface area contributed by atoms with E-state index >= 15 is 0 Å². The third kappa shape index (κ3) is 0.724. The number of Topliss-reactive ketones (excluding diaryl/α,β-unsaturated/α-hetero) is 1. The van der Waals surface area contributed by atoms with Crippen LogP contribution in [0.5, 0.6) is 0 Å². The van der Waals surface area contributed by atoms with E-state index in [1.54, 1.807) is 6.21 Å². The third-order valence-corrected chi connectivity index (χ3v) is 2.53. The summed E-state index contributed by atoms with van der Waals surface area (Å²) in [6.45, 7) is 0.558. The van der Waals surface area contributed by atoms with Crippen LogP contribution in [0.3, 0.4) is 0 Å². The van der Waals surface area contributed by atoms with Crippen LogP contribution < -0.4 is 0 Å². The molecule has 2 nitrogen and oxygen atoms in total. The summed E-state index contributed by atoms with van der Waals surface area (Å²) in [5.74, 6) is 0.156. The standard InChI is InChI=1S/C11H7NO/c13-11-8-4-2-1-3-7(8)9-5-12-6-10(9)11/h1-5H,6H2. The van der Waals surface area contributed by atoms with Gasteiger partial charge in [0.2, 0.25) is 0 Å². The fourth-order valence-corrected chi connectivity index (χ4v) is 1.90. The zero-order chi connectivity index (χ0) is 8.84. The van der Waals surface area contributed by atoms with E-state index in [0.717, 1.165) is 22.3 Å². The van der Waals surface area contributed by atoms with Crippen molar-refractivity contribution in [2.45, 2.75) is 0 Å². The molecular formula is C11H7NO. The molecule has 0 fully saturated rings. The summed E-state index contributed by atoms with van der Waals surface area (Å²) >= 11 is 0. The molecule has 2 heteroatoms. The monoisotopic (exact) mass is 169 g/mol. The summed E-state index contributed by atoms with van der Waals surface area (Å²) in [5.41, 5.74) is 3.77. The molecule has 0 saturated heterocycles. The van der Waals surface area contributed by atoms with Gasteiger partial charge in [-0.1, -0.05) is 24.3 Å². The average Bonchev–Trinajstić information content (AvgIpc) is 2.72. The summed E-state index contributed by atoms with van der Waals surface area (Å²) in [4.78, 5) is 15.8. The fraction of sp³-hybridized carbons (Fsp3) is 0.0909. The first-order valence-electron chi connectivity index (χ1n) is 4.25. The summed E-state index contributed by atoms with van der Waals surface area (Å²) in [6.07, 6.45) is 1.80. The maximum Gasteiger partial charge on any atom is 0.192 e. The predicted molar refractivity (Wildman–Crippen MR) is 51.1 cm³/mol. The Morgan fingerprint density at radius 2 is 1.92 bits per heavy atom. The molecule has 0 unspecified atom stereocenters. The van der Waals surface area contributed by atoms with Gasteiger partial charge in [0.15, 0.2) is 5.78 Å². The second-order valence-corrected chi connectivity index (χ2v) is 3.24. The second kappa shape index (κ2) is 2.16. The van der Waals surface area contributed by atoms with E-state index in [0.29, 0.717) is 6.54 Å². The molecule has 1 aromatic carbocycles. The lowest BCUT2D eigenvalue weighted by atomic mass is 10.1. The minimum absolute atomic E-state index is 0.156. The Morgan fingerprint density at radius 3 is 2.77 bits per heavy atom. The van der Waals surface area contributed by atoms with Crippen molar-refractivity contribution in [3.63, 3.8) is 0 Å². The molecule has 0 saturated carbocycles. The zero-order valence-electron chi connectivity index (χ0n) is 6.95. The number of benzene rings is 1. The van der Waals surface area contributed by atoms with Crippen LogP contribution in [-0.2, 0) is 0 Å². The van der Waals surface area contributed by atoms with Gasteiger partial charge in [-0.05, 0) is 5.56 Å². The molecule has 2 aliphatic rings. The van der Waals surface area contributed by atoms with Crippen LogP contribution in [0.15, 0.2) is 34.8 Å². The van der Waals surface area contributed by atoms with Crippen molar-refractivity contribution in [3.05, 3.63) is 41.0 Å². The smallest absolute Gasteiger partial charge is 0.192 e. The molecule has 0 atom stereocenters. The van der Waals surface area contributed by atoms with Crippen molar-refractivity contribution in [2.24, 2.45) is 4.99 Å². The van der Waals surface area contributed by atoms with Crippen LogP contribution in [0, 0.1) is 0 Å². The van der Waals surface area contributed by atoms with E-state index < -0.39 is 0 Å². The highest BCUT2D eigenvalue weighted by Crippen LogP contribution is 2.33. The average molecular weight is 169 g/mol. The molecular weight excluding hydrogens is 162 g/mol. The van der Waals surface area contributed by atoms with E-state index in [1.165, 1.54) is 0 Å². The first kappa shape index (κ1) is 6.78. The van der Waals surface area contributed by atoms with Gasteiger partial charge in [0.25, 0.3) is 0 Å². The first-order chi connectivity index (χ1) is 6.38. The number of rotatable bonds is 0. The molecule has 13 heavy (non-hydrogen) atoms. The van der Waals surface area contributed by atoms with Gasteiger partial charge in [-0.15, -0.1) is 0 Å². The number of ketones is 1. The van der Waals surface area contributed by atoms with Gasteiger partial charge in [0, 0.05) is 22.9 Å². The molecule has 0 N–H and O–H groups in total. The summed E-state index contributed by atoms with van der Waals surface area (Å²) < 4.78 is 0. The second-order valence-electron chi connectivity index (χ2n) is 3.24. The van der Waals surface area contributed by atoms with Crippen molar-refractivity contribution < 1.29 is 4.79 Å². The van der Waals surface area contributed by atoms with Crippen molar-refractivity contribution >= 4 is 17.6 Å². The van der Waals surface area contributed by atoms with Gasteiger partial charge in [0.05, 0.1) is 6.54 Å². The van der Waals surface area contributed by atoms with Crippen molar-refractivity contribution in [1.29, 1.82) is 0 Å². The maximum absolute atomic E-state index is 11.7. The van der Waals surface area contributed by atoms with Gasteiger partial charge in [-0.2, -0.15) is 0 Å². The van der Waals surface area contributed by atoms with Crippen LogP contribution in [-0.4, -0.2) is 18.5 Å². The van der Waals surface area contributed by atoms with Gasteiger partial charge in [-0.25, -0.2) is 0 Å². The van der Waals surface area contributed by atoms with E-state index in [4.69, 9.17) is 0 Å². The molecule has 0 spiro atoms. The highest BCUT2D eigenvalue weighted by Gasteiger charge is 2.29. The molecule has 1 aliphatic heterocycles. The molecule has 3 rings (SSSR count). The van der Waals surface area contributed by atoms with E-state index in [-0.39, 0.29) is 5.78 Å².